The highest BCUT2D eigenvalue weighted by atomic mass is 19.1. The second-order valence-corrected chi connectivity index (χ2v) is 6.38. The first-order chi connectivity index (χ1) is 13.5. The Labute approximate surface area is 160 Å². The quantitative estimate of drug-likeness (QED) is 0.572. The van der Waals surface area contributed by atoms with Crippen molar-refractivity contribution in [3.05, 3.63) is 89.5 Å². The van der Waals surface area contributed by atoms with Gasteiger partial charge in [0.05, 0.1) is 12.6 Å². The summed E-state index contributed by atoms with van der Waals surface area (Å²) in [6, 6.07) is 15.2. The van der Waals surface area contributed by atoms with Gasteiger partial charge in [0.15, 0.2) is 0 Å². The zero-order valence-corrected chi connectivity index (χ0v) is 14.8. The van der Waals surface area contributed by atoms with Crippen molar-refractivity contribution >= 4 is 22.8 Å². The van der Waals surface area contributed by atoms with E-state index in [0.29, 0.717) is 5.56 Å². The van der Waals surface area contributed by atoms with E-state index < -0.39 is 36.3 Å². The predicted molar refractivity (Wildman–Crippen MR) is 103 cm³/mol. The molecular weight excluding hydrogens is 364 g/mol. The molecule has 0 bridgehead atoms. The Kier molecular flexibility index (Phi) is 6.13. The zero-order valence-electron chi connectivity index (χ0n) is 14.8. The average Bonchev–Trinajstić information content (AvgIpc) is 2.69. The van der Waals surface area contributed by atoms with Crippen LogP contribution in [0.2, 0.25) is 0 Å². The van der Waals surface area contributed by atoms with E-state index in [9.17, 15) is 23.8 Å². The summed E-state index contributed by atoms with van der Waals surface area (Å²) in [6.07, 6.45) is 1.17. The van der Waals surface area contributed by atoms with Crippen LogP contribution in [0.1, 0.15) is 17.2 Å². The van der Waals surface area contributed by atoms with Gasteiger partial charge in [-0.1, -0.05) is 36.4 Å². The molecule has 6 heteroatoms. The molecule has 3 aromatic rings. The van der Waals surface area contributed by atoms with Crippen LogP contribution in [0, 0.1) is 11.6 Å². The van der Waals surface area contributed by atoms with Gasteiger partial charge in [0.2, 0.25) is 5.91 Å². The van der Waals surface area contributed by atoms with Gasteiger partial charge in [-0.3, -0.25) is 4.79 Å². The lowest BCUT2D eigenvalue weighted by Gasteiger charge is -2.23. The predicted octanol–water partition coefficient (Wildman–Crippen LogP) is 3.34. The molecule has 0 radical (unpaired) electrons. The number of fused-ring (bicyclic) bond motifs is 1. The minimum Gasteiger partial charge on any atom is -0.394 e. The molecule has 0 spiro atoms. The third kappa shape index (κ3) is 4.79. The number of carbonyl (C=O) groups excluding carboxylic acids is 1. The highest BCUT2D eigenvalue weighted by molar-refractivity contribution is 5.92. The van der Waals surface area contributed by atoms with E-state index in [-0.39, 0.29) is 5.56 Å². The van der Waals surface area contributed by atoms with Crippen LogP contribution in [0.25, 0.3) is 16.8 Å². The van der Waals surface area contributed by atoms with Crippen LogP contribution in [0.3, 0.4) is 0 Å². The molecule has 2 atom stereocenters. The van der Waals surface area contributed by atoms with Gasteiger partial charge < -0.3 is 15.5 Å². The minimum absolute atomic E-state index is 0.192. The number of benzene rings is 3. The summed E-state index contributed by atoms with van der Waals surface area (Å²) >= 11 is 0. The fourth-order valence-electron chi connectivity index (χ4n) is 2.95. The van der Waals surface area contributed by atoms with Crippen molar-refractivity contribution in [1.29, 1.82) is 0 Å². The van der Waals surface area contributed by atoms with Gasteiger partial charge in [-0.15, -0.1) is 0 Å². The van der Waals surface area contributed by atoms with Gasteiger partial charge in [0.1, 0.15) is 17.7 Å². The van der Waals surface area contributed by atoms with Crippen molar-refractivity contribution < 1.29 is 23.8 Å². The summed E-state index contributed by atoms with van der Waals surface area (Å²) in [6.45, 7) is -0.545. The Hall–Kier alpha value is -3.09. The van der Waals surface area contributed by atoms with Crippen molar-refractivity contribution in [2.24, 2.45) is 0 Å². The van der Waals surface area contributed by atoms with Crippen molar-refractivity contribution in [2.75, 3.05) is 6.61 Å². The highest BCUT2D eigenvalue weighted by Gasteiger charge is 2.22. The highest BCUT2D eigenvalue weighted by Crippen LogP contribution is 2.23. The first-order valence-electron chi connectivity index (χ1n) is 8.68. The van der Waals surface area contributed by atoms with Crippen molar-refractivity contribution in [3.63, 3.8) is 0 Å². The molecule has 0 fully saturated rings. The number of amides is 1. The minimum atomic E-state index is -1.22. The maximum absolute atomic E-state index is 13.2. The second-order valence-electron chi connectivity index (χ2n) is 6.38. The molecular formula is C22H19F2NO3. The number of carbonyl (C=O) groups is 1. The van der Waals surface area contributed by atoms with Crippen molar-refractivity contribution in [1.82, 2.24) is 5.32 Å². The molecule has 3 rings (SSSR count). The molecule has 0 aromatic heterocycles. The molecule has 4 nitrogen and oxygen atoms in total. The average molecular weight is 383 g/mol. The van der Waals surface area contributed by atoms with E-state index in [2.05, 4.69) is 5.32 Å². The first kappa shape index (κ1) is 19.7. The zero-order chi connectivity index (χ0) is 20.1. The van der Waals surface area contributed by atoms with Crippen LogP contribution in [-0.2, 0) is 4.79 Å². The van der Waals surface area contributed by atoms with Crippen LogP contribution in [0.4, 0.5) is 8.78 Å². The van der Waals surface area contributed by atoms with Gasteiger partial charge in [0.25, 0.3) is 0 Å². The maximum Gasteiger partial charge on any atom is 0.244 e. The smallest absolute Gasteiger partial charge is 0.244 e. The summed E-state index contributed by atoms with van der Waals surface area (Å²) in [5.41, 5.74) is 0.816. The number of aliphatic hydroxyl groups is 2. The molecule has 0 aliphatic heterocycles. The van der Waals surface area contributed by atoms with Gasteiger partial charge in [-0.2, -0.15) is 0 Å². The Morgan fingerprint density at radius 1 is 1.00 bits per heavy atom. The van der Waals surface area contributed by atoms with Crippen LogP contribution < -0.4 is 5.32 Å². The lowest BCUT2D eigenvalue weighted by Crippen LogP contribution is -2.37. The molecule has 0 aliphatic rings. The fourth-order valence-corrected chi connectivity index (χ4v) is 2.95. The third-order valence-electron chi connectivity index (χ3n) is 4.31. The fraction of sp³-hybridized carbons (Fsp3) is 0.136. The SMILES string of the molecule is O=C(/C=C/c1cc(F)cc(F)c1)NC(c1ccc2ccccc2c1)C(O)CO. The molecule has 144 valence electrons. The van der Waals surface area contributed by atoms with E-state index in [4.69, 9.17) is 0 Å². The molecule has 0 aliphatic carbocycles. The molecule has 28 heavy (non-hydrogen) atoms. The number of rotatable bonds is 6. The van der Waals surface area contributed by atoms with Crippen LogP contribution in [0.15, 0.2) is 66.7 Å². The number of hydrogen-bond donors (Lipinski definition) is 3. The summed E-state index contributed by atoms with van der Waals surface area (Å²) in [5.74, 6) is -2.06. The number of halogens is 2. The maximum atomic E-state index is 13.2. The second kappa shape index (κ2) is 8.73. The monoisotopic (exact) mass is 383 g/mol. The summed E-state index contributed by atoms with van der Waals surface area (Å²) in [7, 11) is 0. The lowest BCUT2D eigenvalue weighted by molar-refractivity contribution is -0.118. The molecule has 0 saturated heterocycles. The van der Waals surface area contributed by atoms with E-state index in [1.54, 1.807) is 6.07 Å². The summed E-state index contributed by atoms with van der Waals surface area (Å²) in [4.78, 5) is 12.3. The first-order valence-corrected chi connectivity index (χ1v) is 8.68. The van der Waals surface area contributed by atoms with Gasteiger partial charge >= 0.3 is 0 Å². The molecule has 2 unspecified atom stereocenters. The van der Waals surface area contributed by atoms with Crippen molar-refractivity contribution in [2.45, 2.75) is 12.1 Å². The van der Waals surface area contributed by atoms with Gasteiger partial charge in [-0.25, -0.2) is 8.78 Å². The standard InChI is InChI=1S/C22H19F2NO3/c23-18-9-14(10-19(24)12-18)5-8-21(28)25-22(20(27)13-26)17-7-6-15-3-1-2-4-16(15)11-17/h1-12,20,22,26-27H,13H2,(H,25,28)/b8-5+. The molecule has 0 heterocycles. The largest absolute Gasteiger partial charge is 0.394 e. The van der Waals surface area contributed by atoms with Gasteiger partial charge in [0, 0.05) is 12.1 Å². The third-order valence-corrected chi connectivity index (χ3v) is 4.31. The van der Waals surface area contributed by atoms with Crippen molar-refractivity contribution in [3.8, 4) is 0 Å². The summed E-state index contributed by atoms with van der Waals surface area (Å²) < 4.78 is 26.5. The molecule has 1 amide bonds. The van der Waals surface area contributed by atoms with E-state index in [1.807, 2.05) is 36.4 Å². The Morgan fingerprint density at radius 3 is 2.36 bits per heavy atom. The number of hydrogen-bond acceptors (Lipinski definition) is 3. The lowest BCUT2D eigenvalue weighted by atomic mass is 9.98. The molecule has 0 saturated carbocycles. The van der Waals surface area contributed by atoms with Crippen LogP contribution >= 0.6 is 0 Å². The number of nitrogens with one attached hydrogen (secondary N) is 1. The van der Waals surface area contributed by atoms with E-state index in [1.165, 1.54) is 6.08 Å². The van der Waals surface area contributed by atoms with Crippen LogP contribution in [0.5, 0.6) is 0 Å². The van der Waals surface area contributed by atoms with E-state index in [0.717, 1.165) is 35.0 Å². The van der Waals surface area contributed by atoms with Crippen LogP contribution in [-0.4, -0.2) is 28.8 Å². The molecule has 3 aromatic carbocycles. The van der Waals surface area contributed by atoms with Gasteiger partial charge in [-0.05, 0) is 46.2 Å². The Bertz CT molecular complexity index is 999. The number of aliphatic hydroxyl groups excluding tert-OH is 2. The topological polar surface area (TPSA) is 69.6 Å². The summed E-state index contributed by atoms with van der Waals surface area (Å²) in [5, 5.41) is 24.1. The Balaban J connectivity index is 1.81. The van der Waals surface area contributed by atoms with E-state index >= 15 is 0 Å². The Morgan fingerprint density at radius 2 is 1.68 bits per heavy atom. The normalized spacial score (nSPS) is 13.6. The molecule has 3 N–H and O–H groups in total.